The van der Waals surface area contributed by atoms with Crippen molar-refractivity contribution in [3.8, 4) is 0 Å². The lowest BCUT2D eigenvalue weighted by atomic mass is 10.0. The highest BCUT2D eigenvalue weighted by Crippen LogP contribution is 2.23. The van der Waals surface area contributed by atoms with Crippen molar-refractivity contribution in [2.75, 3.05) is 19.6 Å². The SMILES string of the molecule is C[C@@H]1CNCCN1C(=O)CCC(=O)c1ccc2c(c1)CCC2.Cl. The molecule has 1 aromatic carbocycles. The number of Topliss-reactive ketones (excluding diaryl/α,β-unsaturated/α-hetero) is 1. The van der Waals surface area contributed by atoms with Crippen molar-refractivity contribution in [1.29, 1.82) is 0 Å². The molecule has 1 saturated heterocycles. The topological polar surface area (TPSA) is 49.4 Å². The van der Waals surface area contributed by atoms with E-state index in [1.54, 1.807) is 0 Å². The summed E-state index contributed by atoms with van der Waals surface area (Å²) in [5.74, 6) is 0.189. The van der Waals surface area contributed by atoms with Gasteiger partial charge in [0.2, 0.25) is 5.91 Å². The third-order valence-corrected chi connectivity index (χ3v) is 4.81. The molecule has 1 amide bonds. The zero-order chi connectivity index (χ0) is 15.5. The van der Waals surface area contributed by atoms with Crippen LogP contribution in [0.5, 0.6) is 0 Å². The fourth-order valence-electron chi connectivity index (χ4n) is 3.47. The molecule has 23 heavy (non-hydrogen) atoms. The van der Waals surface area contributed by atoms with E-state index in [2.05, 4.69) is 11.4 Å². The number of hydrogen-bond acceptors (Lipinski definition) is 3. The lowest BCUT2D eigenvalue weighted by Gasteiger charge is -2.34. The molecule has 0 radical (unpaired) electrons. The molecule has 0 bridgehead atoms. The van der Waals surface area contributed by atoms with Gasteiger partial charge < -0.3 is 10.2 Å². The molecule has 3 rings (SSSR count). The van der Waals surface area contributed by atoms with E-state index in [-0.39, 0.29) is 30.1 Å². The van der Waals surface area contributed by atoms with Crippen molar-refractivity contribution in [1.82, 2.24) is 10.2 Å². The maximum Gasteiger partial charge on any atom is 0.223 e. The van der Waals surface area contributed by atoms with Gasteiger partial charge in [-0.25, -0.2) is 0 Å². The lowest BCUT2D eigenvalue weighted by Crippen LogP contribution is -2.52. The van der Waals surface area contributed by atoms with Gasteiger partial charge in [-0.2, -0.15) is 0 Å². The van der Waals surface area contributed by atoms with Crippen molar-refractivity contribution < 1.29 is 9.59 Å². The summed E-state index contributed by atoms with van der Waals surface area (Å²) in [6, 6.07) is 6.25. The average molecular weight is 337 g/mol. The number of halogens is 1. The molecule has 1 aliphatic carbocycles. The van der Waals surface area contributed by atoms with E-state index in [1.807, 2.05) is 24.0 Å². The predicted octanol–water partition coefficient (Wildman–Crippen LogP) is 2.38. The van der Waals surface area contributed by atoms with Gasteiger partial charge in [-0.3, -0.25) is 9.59 Å². The standard InChI is InChI=1S/C18H24N2O2.ClH/c1-13-12-19-9-10-20(13)18(22)8-7-17(21)16-6-5-14-3-2-4-15(14)11-16;/h5-6,11,13,19H,2-4,7-10,12H2,1H3;1H/t13-;/m1./s1. The molecule has 1 N–H and O–H groups in total. The molecule has 1 fully saturated rings. The fraction of sp³-hybridized carbons (Fsp3) is 0.556. The fourth-order valence-corrected chi connectivity index (χ4v) is 3.47. The predicted molar refractivity (Wildman–Crippen MR) is 93.3 cm³/mol. The molecule has 2 aliphatic rings. The van der Waals surface area contributed by atoms with Gasteiger partial charge in [-0.05, 0) is 43.4 Å². The summed E-state index contributed by atoms with van der Waals surface area (Å²) in [7, 11) is 0. The highest BCUT2D eigenvalue weighted by Gasteiger charge is 2.23. The molecule has 1 aliphatic heterocycles. The largest absolute Gasteiger partial charge is 0.337 e. The Balaban J connectivity index is 0.00000192. The molecule has 126 valence electrons. The molecule has 1 aromatic rings. The van der Waals surface area contributed by atoms with E-state index in [0.717, 1.165) is 38.0 Å². The van der Waals surface area contributed by atoms with E-state index in [0.29, 0.717) is 12.8 Å². The first-order valence-corrected chi connectivity index (χ1v) is 8.30. The van der Waals surface area contributed by atoms with Crippen LogP contribution in [0.4, 0.5) is 0 Å². The molecule has 0 saturated carbocycles. The minimum atomic E-state index is 0. The Morgan fingerprint density at radius 3 is 2.78 bits per heavy atom. The monoisotopic (exact) mass is 336 g/mol. The first-order valence-electron chi connectivity index (χ1n) is 8.30. The van der Waals surface area contributed by atoms with Gasteiger partial charge in [0.15, 0.2) is 5.78 Å². The number of hydrogen-bond donors (Lipinski definition) is 1. The van der Waals surface area contributed by atoms with Gasteiger partial charge in [0.1, 0.15) is 0 Å². The lowest BCUT2D eigenvalue weighted by molar-refractivity contribution is -0.133. The Kier molecular flexibility index (Phi) is 6.19. The smallest absolute Gasteiger partial charge is 0.223 e. The van der Waals surface area contributed by atoms with Gasteiger partial charge in [0.05, 0.1) is 0 Å². The first-order chi connectivity index (χ1) is 10.6. The maximum absolute atomic E-state index is 12.3. The third kappa shape index (κ3) is 4.12. The maximum atomic E-state index is 12.3. The normalized spacial score (nSPS) is 19.9. The van der Waals surface area contributed by atoms with Crippen LogP contribution in [0.15, 0.2) is 18.2 Å². The number of rotatable bonds is 4. The molecule has 4 nitrogen and oxygen atoms in total. The molecule has 5 heteroatoms. The second-order valence-corrected chi connectivity index (χ2v) is 6.40. The summed E-state index contributed by atoms with van der Waals surface area (Å²) in [5, 5.41) is 3.27. The molecule has 0 aromatic heterocycles. The van der Waals surface area contributed by atoms with Gasteiger partial charge in [-0.1, -0.05) is 12.1 Å². The van der Waals surface area contributed by atoms with Crippen LogP contribution in [0, 0.1) is 0 Å². The molecule has 1 atom stereocenters. The van der Waals surface area contributed by atoms with E-state index in [1.165, 1.54) is 17.5 Å². The number of ketones is 1. The van der Waals surface area contributed by atoms with Crippen LogP contribution in [0.2, 0.25) is 0 Å². The number of nitrogens with zero attached hydrogens (tertiary/aromatic N) is 1. The minimum Gasteiger partial charge on any atom is -0.337 e. The third-order valence-electron chi connectivity index (χ3n) is 4.81. The minimum absolute atomic E-state index is 0. The van der Waals surface area contributed by atoms with Crippen molar-refractivity contribution in [2.24, 2.45) is 0 Å². The number of carbonyl (C=O) groups excluding carboxylic acids is 2. The van der Waals surface area contributed by atoms with Crippen molar-refractivity contribution in [2.45, 2.75) is 45.1 Å². The van der Waals surface area contributed by atoms with E-state index < -0.39 is 0 Å². The highest BCUT2D eigenvalue weighted by atomic mass is 35.5. The van der Waals surface area contributed by atoms with E-state index >= 15 is 0 Å². The number of fused-ring (bicyclic) bond motifs is 1. The van der Waals surface area contributed by atoms with Gasteiger partial charge in [0, 0.05) is 44.1 Å². The summed E-state index contributed by atoms with van der Waals surface area (Å²) in [4.78, 5) is 26.5. The zero-order valence-corrected chi connectivity index (χ0v) is 14.5. The second-order valence-electron chi connectivity index (χ2n) is 6.40. The summed E-state index contributed by atoms with van der Waals surface area (Å²) < 4.78 is 0. The Hall–Kier alpha value is -1.39. The Bertz CT molecular complexity index is 588. The van der Waals surface area contributed by atoms with Crippen LogP contribution >= 0.6 is 12.4 Å². The summed E-state index contributed by atoms with van der Waals surface area (Å²) in [6.07, 6.45) is 4.03. The van der Waals surface area contributed by atoms with Crippen LogP contribution < -0.4 is 5.32 Å². The molecular formula is C18H25ClN2O2. The number of piperazine rings is 1. The summed E-state index contributed by atoms with van der Waals surface area (Å²) in [6.45, 7) is 4.47. The van der Waals surface area contributed by atoms with Crippen LogP contribution in [-0.4, -0.2) is 42.3 Å². The highest BCUT2D eigenvalue weighted by molar-refractivity contribution is 5.98. The Morgan fingerprint density at radius 2 is 2.00 bits per heavy atom. The number of benzene rings is 1. The summed E-state index contributed by atoms with van der Waals surface area (Å²) >= 11 is 0. The van der Waals surface area contributed by atoms with Gasteiger partial charge in [0.25, 0.3) is 0 Å². The van der Waals surface area contributed by atoms with Crippen molar-refractivity contribution >= 4 is 24.1 Å². The molecular weight excluding hydrogens is 312 g/mol. The van der Waals surface area contributed by atoms with Gasteiger partial charge >= 0.3 is 0 Å². The van der Waals surface area contributed by atoms with Crippen LogP contribution in [0.1, 0.15) is 47.7 Å². The Morgan fingerprint density at radius 1 is 1.22 bits per heavy atom. The van der Waals surface area contributed by atoms with E-state index in [9.17, 15) is 9.59 Å². The quantitative estimate of drug-likeness (QED) is 0.859. The van der Waals surface area contributed by atoms with Crippen LogP contribution in [-0.2, 0) is 17.6 Å². The first kappa shape index (κ1) is 18.0. The van der Waals surface area contributed by atoms with Crippen molar-refractivity contribution in [3.63, 3.8) is 0 Å². The van der Waals surface area contributed by atoms with Gasteiger partial charge in [-0.15, -0.1) is 12.4 Å². The Labute approximate surface area is 144 Å². The molecule has 0 spiro atoms. The zero-order valence-electron chi connectivity index (χ0n) is 13.6. The summed E-state index contributed by atoms with van der Waals surface area (Å²) in [5.41, 5.74) is 3.46. The van der Waals surface area contributed by atoms with E-state index in [4.69, 9.17) is 0 Å². The number of carbonyl (C=O) groups is 2. The number of amides is 1. The average Bonchev–Trinajstić information content (AvgIpc) is 3.00. The molecule has 1 heterocycles. The van der Waals surface area contributed by atoms with Crippen molar-refractivity contribution in [3.05, 3.63) is 34.9 Å². The second kappa shape index (κ2) is 7.93. The van der Waals surface area contributed by atoms with Crippen LogP contribution in [0.25, 0.3) is 0 Å². The van der Waals surface area contributed by atoms with Crippen LogP contribution in [0.3, 0.4) is 0 Å². The molecule has 0 unspecified atom stereocenters. The number of aryl methyl sites for hydroxylation is 2. The number of nitrogens with one attached hydrogen (secondary N) is 1.